The van der Waals surface area contributed by atoms with Crippen molar-refractivity contribution in [3.05, 3.63) is 50.0 Å². The molecule has 0 radical (unpaired) electrons. The van der Waals surface area contributed by atoms with Crippen molar-refractivity contribution in [3.63, 3.8) is 0 Å². The molecule has 0 aliphatic heterocycles. The Morgan fingerprint density at radius 1 is 1.30 bits per heavy atom. The molecule has 2 aromatic rings. The number of nitrogens with zero attached hydrogens (tertiary/aromatic N) is 1. The molecule has 8 nitrogen and oxygen atoms in total. The summed E-state index contributed by atoms with van der Waals surface area (Å²) in [4.78, 5) is 12.0. The molecular weight excluding hydrogens is 535 g/mol. The molecule has 1 saturated carbocycles. The number of halogens is 3. The highest BCUT2D eigenvalue weighted by atomic mass is 127. The summed E-state index contributed by atoms with van der Waals surface area (Å²) in [6.07, 6.45) is 0.180. The highest BCUT2D eigenvalue weighted by Crippen LogP contribution is 2.48. The van der Waals surface area contributed by atoms with Crippen LogP contribution in [0.25, 0.3) is 0 Å². The molecule has 1 atom stereocenters. The first-order valence-electron chi connectivity index (χ1n) is 8.92. The zero-order chi connectivity index (χ0) is 22.3. The summed E-state index contributed by atoms with van der Waals surface area (Å²) in [5.41, 5.74) is -1.96. The van der Waals surface area contributed by atoms with E-state index >= 15 is 0 Å². The second-order valence-corrected chi connectivity index (χ2v) is 10.5. The molecule has 0 saturated heterocycles. The highest BCUT2D eigenvalue weighted by Gasteiger charge is 2.55. The molecule has 0 bridgehead atoms. The molecule has 1 unspecified atom stereocenters. The van der Waals surface area contributed by atoms with Crippen LogP contribution in [0, 0.1) is 15.2 Å². The predicted molar refractivity (Wildman–Crippen MR) is 116 cm³/mol. The molecule has 1 heterocycles. The number of rotatable bonds is 8. The van der Waals surface area contributed by atoms with Crippen LogP contribution in [0.2, 0.25) is 0 Å². The quantitative estimate of drug-likeness (QED) is 0.370. The van der Waals surface area contributed by atoms with Crippen molar-refractivity contribution in [2.24, 2.45) is 7.05 Å². The third-order valence-electron chi connectivity index (χ3n) is 4.95. The van der Waals surface area contributed by atoms with Gasteiger partial charge in [0, 0.05) is 16.8 Å². The van der Waals surface area contributed by atoms with Crippen molar-refractivity contribution < 1.29 is 27.4 Å². The van der Waals surface area contributed by atoms with Crippen LogP contribution in [-0.2, 0) is 17.1 Å². The number of nitrogens with one attached hydrogen (secondary N) is 2. The maximum atomic E-state index is 14.7. The van der Waals surface area contributed by atoms with E-state index in [1.807, 2.05) is 22.6 Å². The van der Waals surface area contributed by atoms with Gasteiger partial charge in [0.1, 0.15) is 11.5 Å². The van der Waals surface area contributed by atoms with Gasteiger partial charge >= 0.3 is 0 Å². The summed E-state index contributed by atoms with van der Waals surface area (Å²) in [7, 11) is -2.87. The third-order valence-corrected chi connectivity index (χ3v) is 7.83. The van der Waals surface area contributed by atoms with Crippen LogP contribution >= 0.6 is 22.6 Å². The fraction of sp³-hybridized carbons (Fsp3) is 0.389. The average molecular weight is 555 g/mol. The van der Waals surface area contributed by atoms with E-state index in [0.717, 1.165) is 10.8 Å². The second-order valence-electron chi connectivity index (χ2n) is 7.23. The Balaban J connectivity index is 2.01. The third kappa shape index (κ3) is 4.45. The van der Waals surface area contributed by atoms with Crippen molar-refractivity contribution in [2.75, 3.05) is 16.6 Å². The van der Waals surface area contributed by atoms with Crippen LogP contribution in [0.4, 0.5) is 25.8 Å². The topological polar surface area (TPSA) is 121 Å². The van der Waals surface area contributed by atoms with Crippen LogP contribution in [0.1, 0.15) is 19.3 Å². The zero-order valence-corrected chi connectivity index (χ0v) is 18.8. The molecule has 3 rings (SSSR count). The van der Waals surface area contributed by atoms with Gasteiger partial charge in [-0.15, -0.1) is 0 Å². The van der Waals surface area contributed by atoms with Gasteiger partial charge in [-0.1, -0.05) is 0 Å². The molecule has 164 valence electrons. The minimum Gasteiger partial charge on any atom is -0.394 e. The Labute approximate surface area is 185 Å². The maximum Gasteiger partial charge on any atom is 0.288 e. The lowest BCUT2D eigenvalue weighted by atomic mass is 10.2. The number of aliphatic hydroxyl groups excluding tert-OH is 2. The number of benzene rings is 1. The molecule has 30 heavy (non-hydrogen) atoms. The van der Waals surface area contributed by atoms with Crippen molar-refractivity contribution in [3.8, 4) is 0 Å². The van der Waals surface area contributed by atoms with E-state index in [4.69, 9.17) is 5.11 Å². The molecule has 0 amide bonds. The first-order chi connectivity index (χ1) is 14.0. The van der Waals surface area contributed by atoms with Gasteiger partial charge in [-0.2, -0.15) is 4.39 Å². The molecule has 1 aromatic carbocycles. The van der Waals surface area contributed by atoms with E-state index in [2.05, 4.69) is 10.0 Å². The highest BCUT2D eigenvalue weighted by molar-refractivity contribution is 14.1. The van der Waals surface area contributed by atoms with E-state index in [1.165, 1.54) is 19.2 Å². The van der Waals surface area contributed by atoms with Gasteiger partial charge in [-0.05, 0) is 60.1 Å². The number of sulfonamides is 1. The number of hydrogen-bond donors (Lipinski definition) is 4. The van der Waals surface area contributed by atoms with E-state index in [9.17, 15) is 27.1 Å². The smallest absolute Gasteiger partial charge is 0.288 e. The van der Waals surface area contributed by atoms with Crippen LogP contribution in [0.3, 0.4) is 0 Å². The van der Waals surface area contributed by atoms with Gasteiger partial charge in [0.25, 0.3) is 5.56 Å². The lowest BCUT2D eigenvalue weighted by Crippen LogP contribution is -2.35. The second kappa shape index (κ2) is 8.40. The number of aromatic nitrogens is 1. The van der Waals surface area contributed by atoms with Gasteiger partial charge in [-0.3, -0.25) is 9.52 Å². The largest absolute Gasteiger partial charge is 0.394 e. The number of anilines is 3. The Morgan fingerprint density at radius 3 is 2.53 bits per heavy atom. The normalized spacial score (nSPS) is 16.2. The Hall–Kier alpha value is -1.77. The maximum absolute atomic E-state index is 14.7. The van der Waals surface area contributed by atoms with Gasteiger partial charge in [0.15, 0.2) is 0 Å². The molecular formula is C18H20F2IN3O5S. The van der Waals surface area contributed by atoms with E-state index in [-0.39, 0.29) is 30.6 Å². The lowest BCUT2D eigenvalue weighted by molar-refractivity contribution is 0.0858. The monoisotopic (exact) mass is 555 g/mol. The molecule has 12 heteroatoms. The first-order valence-corrected chi connectivity index (χ1v) is 11.5. The SMILES string of the molecule is Cn1cc(NS(=O)(=O)C2(CC(O)CO)CC2)c(Nc2ccc(I)cc2F)c(F)c1=O. The molecule has 4 N–H and O–H groups in total. The van der Waals surface area contributed by atoms with E-state index in [1.54, 1.807) is 6.07 Å². The summed E-state index contributed by atoms with van der Waals surface area (Å²) < 4.78 is 57.3. The van der Waals surface area contributed by atoms with Crippen molar-refractivity contribution >= 4 is 49.7 Å². The fourth-order valence-corrected chi connectivity index (χ4v) is 5.26. The van der Waals surface area contributed by atoms with Crippen LogP contribution in [0.5, 0.6) is 0 Å². The Kier molecular flexibility index (Phi) is 6.41. The zero-order valence-electron chi connectivity index (χ0n) is 15.8. The number of aliphatic hydroxyl groups is 2. The van der Waals surface area contributed by atoms with Crippen LogP contribution in [0.15, 0.2) is 29.2 Å². The van der Waals surface area contributed by atoms with Crippen LogP contribution in [-0.4, -0.2) is 40.7 Å². The molecule has 0 spiro atoms. The Bertz CT molecular complexity index is 1140. The summed E-state index contributed by atoms with van der Waals surface area (Å²) >= 11 is 1.90. The summed E-state index contributed by atoms with van der Waals surface area (Å²) in [6, 6.07) is 4.09. The van der Waals surface area contributed by atoms with Gasteiger partial charge in [0.05, 0.1) is 28.8 Å². The Morgan fingerprint density at radius 2 is 1.97 bits per heavy atom. The van der Waals surface area contributed by atoms with Gasteiger partial charge in [0.2, 0.25) is 15.8 Å². The molecule has 1 fully saturated rings. The van der Waals surface area contributed by atoms with Crippen LogP contribution < -0.4 is 15.6 Å². The number of pyridine rings is 1. The number of hydrogen-bond acceptors (Lipinski definition) is 6. The van der Waals surface area contributed by atoms with E-state index in [0.29, 0.717) is 3.57 Å². The average Bonchev–Trinajstić information content (AvgIpc) is 3.45. The van der Waals surface area contributed by atoms with Gasteiger partial charge < -0.3 is 20.1 Å². The van der Waals surface area contributed by atoms with Crippen molar-refractivity contribution in [2.45, 2.75) is 30.1 Å². The summed E-state index contributed by atoms with van der Waals surface area (Å²) in [6.45, 7) is -0.593. The van der Waals surface area contributed by atoms with Crippen molar-refractivity contribution in [1.29, 1.82) is 0 Å². The molecule has 1 aromatic heterocycles. The molecule has 1 aliphatic carbocycles. The first kappa shape index (κ1) is 22.9. The minimum absolute atomic E-state index is 0.139. The van der Waals surface area contributed by atoms with E-state index < -0.39 is 50.4 Å². The standard InChI is InChI=1S/C18H20F2IN3O5S/c1-24-8-14(23-30(28,29)18(4-5-18)7-11(26)9-25)16(15(20)17(24)27)22-13-3-2-10(21)6-12(13)19/h2-3,6,8,11,22-23,25-26H,4-5,7,9H2,1H3. The lowest BCUT2D eigenvalue weighted by Gasteiger charge is -2.22. The number of aryl methyl sites for hydroxylation is 1. The summed E-state index contributed by atoms with van der Waals surface area (Å²) in [5, 5.41) is 21.2. The van der Waals surface area contributed by atoms with Gasteiger partial charge in [-0.25, -0.2) is 12.8 Å². The minimum atomic E-state index is -4.12. The fourth-order valence-electron chi connectivity index (χ4n) is 3.09. The summed E-state index contributed by atoms with van der Waals surface area (Å²) in [5.74, 6) is -1.99. The molecule has 1 aliphatic rings. The predicted octanol–water partition coefficient (Wildman–Crippen LogP) is 2.03. The van der Waals surface area contributed by atoms with Crippen molar-refractivity contribution in [1.82, 2.24) is 4.57 Å².